The van der Waals surface area contributed by atoms with Crippen LogP contribution in [0.15, 0.2) is 53.7 Å². The molecule has 2 heterocycles. The zero-order valence-corrected chi connectivity index (χ0v) is 13.2. The Morgan fingerprint density at radius 1 is 1.20 bits per heavy atom. The molecule has 2 aromatic rings. The van der Waals surface area contributed by atoms with Gasteiger partial charge in [0.2, 0.25) is 6.10 Å². The van der Waals surface area contributed by atoms with E-state index in [4.69, 9.17) is 9.57 Å². The molecule has 0 saturated heterocycles. The molecule has 4 rings (SSSR count). The molecular formula is C18H15N3O4. The molecule has 0 saturated carbocycles. The summed E-state index contributed by atoms with van der Waals surface area (Å²) in [5.74, 6) is 0.0538. The van der Waals surface area contributed by atoms with Crippen molar-refractivity contribution in [2.45, 2.75) is 12.5 Å². The van der Waals surface area contributed by atoms with Gasteiger partial charge < -0.3 is 20.2 Å². The Bertz CT molecular complexity index is 864. The molecule has 2 aliphatic heterocycles. The zero-order chi connectivity index (χ0) is 17.2. The first kappa shape index (κ1) is 15.2. The van der Waals surface area contributed by atoms with E-state index < -0.39 is 6.10 Å². The lowest BCUT2D eigenvalue weighted by atomic mass is 10.0. The third-order valence-electron chi connectivity index (χ3n) is 3.95. The van der Waals surface area contributed by atoms with E-state index in [0.29, 0.717) is 23.5 Å². The van der Waals surface area contributed by atoms with E-state index >= 15 is 0 Å². The lowest BCUT2D eigenvalue weighted by Crippen LogP contribution is -2.28. The van der Waals surface area contributed by atoms with Crippen LogP contribution in [0.5, 0.6) is 5.75 Å². The van der Waals surface area contributed by atoms with Gasteiger partial charge in [0.1, 0.15) is 5.75 Å². The van der Waals surface area contributed by atoms with Crippen LogP contribution in [-0.2, 0) is 14.4 Å². The highest BCUT2D eigenvalue weighted by molar-refractivity contribution is 6.06. The number of nitrogens with one attached hydrogen (secondary N) is 2. The molecular weight excluding hydrogens is 322 g/mol. The topological polar surface area (TPSA) is 89.0 Å². The number of hydrogen-bond acceptors (Lipinski definition) is 5. The lowest BCUT2D eigenvalue weighted by Gasteiger charge is -2.19. The Labute approximate surface area is 143 Å². The summed E-state index contributed by atoms with van der Waals surface area (Å²) in [5, 5.41) is 9.49. The van der Waals surface area contributed by atoms with Crippen LogP contribution < -0.4 is 15.4 Å². The third-order valence-corrected chi connectivity index (χ3v) is 3.95. The van der Waals surface area contributed by atoms with Crippen molar-refractivity contribution in [2.75, 3.05) is 17.2 Å². The van der Waals surface area contributed by atoms with Gasteiger partial charge in [-0.15, -0.1) is 0 Å². The summed E-state index contributed by atoms with van der Waals surface area (Å²) in [6.07, 6.45) is -0.280. The molecule has 2 N–H and O–H groups in total. The van der Waals surface area contributed by atoms with E-state index in [1.807, 2.05) is 30.3 Å². The lowest BCUT2D eigenvalue weighted by molar-refractivity contribution is -0.125. The van der Waals surface area contributed by atoms with Crippen LogP contribution in [0.2, 0.25) is 0 Å². The zero-order valence-electron chi connectivity index (χ0n) is 13.2. The fourth-order valence-corrected chi connectivity index (χ4v) is 2.70. The number of anilines is 2. The molecule has 0 radical (unpaired) electrons. The van der Waals surface area contributed by atoms with Crippen LogP contribution in [0, 0.1) is 0 Å². The molecule has 0 aromatic heterocycles. The van der Waals surface area contributed by atoms with E-state index in [9.17, 15) is 9.59 Å². The van der Waals surface area contributed by atoms with E-state index in [0.717, 1.165) is 11.3 Å². The van der Waals surface area contributed by atoms with Gasteiger partial charge >= 0.3 is 0 Å². The normalized spacial score (nSPS) is 18.3. The van der Waals surface area contributed by atoms with Gasteiger partial charge in [-0.3, -0.25) is 9.59 Å². The number of nitrogens with zero attached hydrogens (tertiary/aromatic N) is 1. The van der Waals surface area contributed by atoms with Crippen molar-refractivity contribution in [3.05, 3.63) is 54.1 Å². The summed E-state index contributed by atoms with van der Waals surface area (Å²) in [6.45, 7) is -0.00573. The minimum Gasteiger partial charge on any atom is -0.482 e. The molecule has 0 aliphatic carbocycles. The Morgan fingerprint density at radius 3 is 2.88 bits per heavy atom. The second kappa shape index (κ2) is 6.27. The molecule has 126 valence electrons. The van der Waals surface area contributed by atoms with Gasteiger partial charge in [0.25, 0.3) is 11.8 Å². The molecule has 0 bridgehead atoms. The first-order valence-electron chi connectivity index (χ1n) is 7.85. The highest BCUT2D eigenvalue weighted by Crippen LogP contribution is 2.30. The van der Waals surface area contributed by atoms with Crippen molar-refractivity contribution < 1.29 is 19.2 Å². The van der Waals surface area contributed by atoms with Crippen molar-refractivity contribution >= 4 is 28.9 Å². The van der Waals surface area contributed by atoms with Gasteiger partial charge in [0.05, 0.1) is 11.4 Å². The van der Waals surface area contributed by atoms with E-state index in [2.05, 4.69) is 15.8 Å². The molecule has 2 aromatic carbocycles. The Morgan fingerprint density at radius 2 is 2.04 bits per heavy atom. The number of oxime groups is 1. The summed E-state index contributed by atoms with van der Waals surface area (Å²) in [6, 6.07) is 14.7. The van der Waals surface area contributed by atoms with Gasteiger partial charge in [0.15, 0.2) is 6.61 Å². The number of amides is 2. The van der Waals surface area contributed by atoms with Crippen LogP contribution in [0.1, 0.15) is 12.0 Å². The smallest absolute Gasteiger partial charge is 0.268 e. The fourth-order valence-electron chi connectivity index (χ4n) is 2.70. The molecule has 7 heteroatoms. The van der Waals surface area contributed by atoms with Crippen molar-refractivity contribution in [1.82, 2.24) is 0 Å². The maximum absolute atomic E-state index is 12.4. The second-order valence-electron chi connectivity index (χ2n) is 5.74. The predicted molar refractivity (Wildman–Crippen MR) is 91.7 cm³/mol. The second-order valence-corrected chi connectivity index (χ2v) is 5.74. The van der Waals surface area contributed by atoms with Gasteiger partial charge in [-0.2, -0.15) is 0 Å². The van der Waals surface area contributed by atoms with E-state index in [-0.39, 0.29) is 18.4 Å². The average molecular weight is 337 g/mol. The Kier molecular flexibility index (Phi) is 3.81. The molecule has 0 fully saturated rings. The van der Waals surface area contributed by atoms with Crippen LogP contribution in [0.25, 0.3) is 0 Å². The number of benzene rings is 2. The molecule has 1 unspecified atom stereocenters. The van der Waals surface area contributed by atoms with Gasteiger partial charge in [0, 0.05) is 12.1 Å². The SMILES string of the molecule is O=C1COc2ccc(NC(=O)C3CC(c4ccccc4)=NO3)cc2N1. The molecule has 2 aliphatic rings. The Hall–Kier alpha value is -3.35. The minimum atomic E-state index is -0.683. The maximum Gasteiger partial charge on any atom is 0.268 e. The van der Waals surface area contributed by atoms with Gasteiger partial charge in [-0.1, -0.05) is 35.5 Å². The molecule has 25 heavy (non-hydrogen) atoms. The highest BCUT2D eigenvalue weighted by atomic mass is 16.6. The van der Waals surface area contributed by atoms with E-state index in [1.54, 1.807) is 18.2 Å². The summed E-state index contributed by atoms with van der Waals surface area (Å²) in [5.41, 5.74) is 2.76. The van der Waals surface area contributed by atoms with E-state index in [1.165, 1.54) is 0 Å². The Balaban J connectivity index is 1.42. The fraction of sp³-hybridized carbons (Fsp3) is 0.167. The number of carbonyl (C=O) groups is 2. The largest absolute Gasteiger partial charge is 0.482 e. The minimum absolute atomic E-state index is 0.00573. The van der Waals surface area contributed by atoms with Gasteiger partial charge in [-0.05, 0) is 23.8 Å². The summed E-state index contributed by atoms with van der Waals surface area (Å²) < 4.78 is 5.29. The van der Waals surface area contributed by atoms with Crippen molar-refractivity contribution in [3.8, 4) is 5.75 Å². The summed E-state index contributed by atoms with van der Waals surface area (Å²) >= 11 is 0. The van der Waals surface area contributed by atoms with Crippen LogP contribution in [-0.4, -0.2) is 30.2 Å². The number of fused-ring (bicyclic) bond motifs is 1. The standard InChI is InChI=1S/C18H15N3O4/c22-17-10-24-15-7-6-12(8-14(15)20-17)19-18(23)16-9-13(21-25-16)11-4-2-1-3-5-11/h1-8,16H,9-10H2,(H,19,23)(H,20,22). The quantitative estimate of drug-likeness (QED) is 0.898. The van der Waals surface area contributed by atoms with Crippen LogP contribution >= 0.6 is 0 Å². The average Bonchev–Trinajstić information content (AvgIpc) is 3.12. The first-order valence-corrected chi connectivity index (χ1v) is 7.85. The number of carbonyl (C=O) groups excluding carboxylic acids is 2. The number of hydrogen-bond donors (Lipinski definition) is 2. The number of rotatable bonds is 3. The summed E-state index contributed by atoms with van der Waals surface area (Å²) in [7, 11) is 0. The third kappa shape index (κ3) is 3.16. The monoisotopic (exact) mass is 337 g/mol. The van der Waals surface area contributed by atoms with Gasteiger partial charge in [-0.25, -0.2) is 0 Å². The molecule has 7 nitrogen and oxygen atoms in total. The van der Waals surface area contributed by atoms with Crippen molar-refractivity contribution in [3.63, 3.8) is 0 Å². The van der Waals surface area contributed by atoms with Crippen molar-refractivity contribution in [1.29, 1.82) is 0 Å². The summed E-state index contributed by atoms with van der Waals surface area (Å²) in [4.78, 5) is 29.0. The first-order chi connectivity index (χ1) is 12.2. The predicted octanol–water partition coefficient (Wildman–Crippen LogP) is 2.15. The van der Waals surface area contributed by atoms with Crippen LogP contribution in [0.4, 0.5) is 11.4 Å². The number of ether oxygens (including phenoxy) is 1. The maximum atomic E-state index is 12.4. The highest BCUT2D eigenvalue weighted by Gasteiger charge is 2.29. The van der Waals surface area contributed by atoms with Crippen molar-refractivity contribution in [2.24, 2.45) is 5.16 Å². The molecule has 1 atom stereocenters. The molecule has 0 spiro atoms. The van der Waals surface area contributed by atoms with Crippen LogP contribution in [0.3, 0.4) is 0 Å². The molecule has 2 amide bonds.